The number of carboxylic acid groups (broad SMARTS) is 1. The Morgan fingerprint density at radius 1 is 0.973 bits per heavy atom. The van der Waals surface area contributed by atoms with Crippen LogP contribution in [-0.4, -0.2) is 34.0 Å². The van der Waals surface area contributed by atoms with Crippen LogP contribution in [0.25, 0.3) is 0 Å². The number of morpholine rings is 1. The molecule has 3 aromatic rings. The van der Waals surface area contributed by atoms with Gasteiger partial charge in [0.1, 0.15) is 24.1 Å². The van der Waals surface area contributed by atoms with Crippen LogP contribution in [0.15, 0.2) is 72.8 Å². The standard InChI is InChI=1S/C29H28Cl2FNO4/c1-2-3-4-24(29(35)36)33-26(19-7-11-21(30)12-8-19)27(20-9-13-22(31)14-10-20)37-25(28(33)34)17-18-5-15-23(32)16-6-18/h5-16,24-27H,2-4,17H2,1H3,(H,35,36)/t24-,25-,26+,27-/m0/s1. The molecule has 0 radical (unpaired) electrons. The molecule has 4 rings (SSSR count). The van der Waals surface area contributed by atoms with Crippen molar-refractivity contribution in [2.75, 3.05) is 0 Å². The van der Waals surface area contributed by atoms with Crippen molar-refractivity contribution >= 4 is 35.1 Å². The molecule has 0 aliphatic carbocycles. The van der Waals surface area contributed by atoms with E-state index in [0.717, 1.165) is 12.0 Å². The number of benzene rings is 3. The fourth-order valence-electron chi connectivity index (χ4n) is 4.76. The lowest BCUT2D eigenvalue weighted by Gasteiger charge is -2.47. The average Bonchev–Trinajstić information content (AvgIpc) is 2.88. The van der Waals surface area contributed by atoms with E-state index in [2.05, 4.69) is 0 Å². The number of aliphatic carboxylic acids is 1. The summed E-state index contributed by atoms with van der Waals surface area (Å²) in [5, 5.41) is 11.3. The molecular formula is C29H28Cl2FNO4. The molecule has 0 saturated carbocycles. The smallest absolute Gasteiger partial charge is 0.326 e. The van der Waals surface area contributed by atoms with Crippen molar-refractivity contribution < 1.29 is 23.8 Å². The summed E-state index contributed by atoms with van der Waals surface area (Å²) in [6.45, 7) is 1.98. The number of carboxylic acids is 1. The number of unbranched alkanes of at least 4 members (excludes halogenated alkanes) is 1. The van der Waals surface area contributed by atoms with E-state index < -0.39 is 36.2 Å². The van der Waals surface area contributed by atoms with Crippen molar-refractivity contribution in [2.24, 2.45) is 0 Å². The number of halogens is 3. The van der Waals surface area contributed by atoms with E-state index in [-0.39, 0.29) is 12.2 Å². The lowest BCUT2D eigenvalue weighted by atomic mass is 9.88. The number of amides is 1. The summed E-state index contributed by atoms with van der Waals surface area (Å²) >= 11 is 12.3. The molecular weight excluding hydrogens is 516 g/mol. The van der Waals surface area contributed by atoms with Crippen LogP contribution in [-0.2, 0) is 20.7 Å². The second-order valence-electron chi connectivity index (χ2n) is 9.17. The minimum absolute atomic E-state index is 0.174. The first kappa shape index (κ1) is 27.1. The molecule has 1 heterocycles. The van der Waals surface area contributed by atoms with Gasteiger partial charge in [-0.05, 0) is 59.5 Å². The molecule has 1 fully saturated rings. The van der Waals surface area contributed by atoms with Gasteiger partial charge in [0.05, 0.1) is 6.04 Å². The van der Waals surface area contributed by atoms with Crippen molar-refractivity contribution in [1.82, 2.24) is 4.90 Å². The SMILES string of the molecule is CCCC[C@@H](C(=O)O)N1C(=O)[C@H](Cc2ccc(F)cc2)O[C@@H](c2ccc(Cl)cc2)[C@H]1c1ccc(Cl)cc1. The maximum atomic E-state index is 14.0. The number of hydrogen-bond donors (Lipinski definition) is 1. The minimum atomic E-state index is -1.07. The molecule has 194 valence electrons. The molecule has 1 N–H and O–H groups in total. The second-order valence-corrected chi connectivity index (χ2v) is 10.0. The number of rotatable bonds is 9. The van der Waals surface area contributed by atoms with Crippen molar-refractivity contribution in [1.29, 1.82) is 0 Å². The number of carbonyl (C=O) groups is 2. The molecule has 0 spiro atoms. The largest absolute Gasteiger partial charge is 0.480 e. The zero-order valence-corrected chi connectivity index (χ0v) is 21.8. The number of hydrogen-bond acceptors (Lipinski definition) is 3. The summed E-state index contributed by atoms with van der Waals surface area (Å²) in [6.07, 6.45) is 0.269. The zero-order valence-electron chi connectivity index (χ0n) is 20.3. The Hall–Kier alpha value is -2.93. The first-order chi connectivity index (χ1) is 17.8. The molecule has 0 unspecified atom stereocenters. The summed E-state index contributed by atoms with van der Waals surface area (Å²) in [4.78, 5) is 28.0. The highest BCUT2D eigenvalue weighted by Gasteiger charge is 2.48. The van der Waals surface area contributed by atoms with Gasteiger partial charge in [-0.2, -0.15) is 0 Å². The first-order valence-electron chi connectivity index (χ1n) is 12.2. The normalized spacial score (nSPS) is 20.6. The molecule has 5 nitrogen and oxygen atoms in total. The second kappa shape index (κ2) is 12.1. The quantitative estimate of drug-likeness (QED) is 0.314. The van der Waals surface area contributed by atoms with E-state index in [1.54, 1.807) is 48.5 Å². The van der Waals surface area contributed by atoms with Crippen molar-refractivity contribution in [2.45, 2.75) is 56.9 Å². The fourth-order valence-corrected chi connectivity index (χ4v) is 5.02. The van der Waals surface area contributed by atoms with Gasteiger partial charge >= 0.3 is 5.97 Å². The van der Waals surface area contributed by atoms with E-state index in [9.17, 15) is 19.1 Å². The van der Waals surface area contributed by atoms with Crippen LogP contribution in [0, 0.1) is 5.82 Å². The van der Waals surface area contributed by atoms with Gasteiger partial charge in [-0.1, -0.05) is 79.4 Å². The first-order valence-corrected chi connectivity index (χ1v) is 13.0. The van der Waals surface area contributed by atoms with Crippen molar-refractivity contribution in [3.05, 3.63) is 105 Å². The molecule has 0 bridgehead atoms. The predicted octanol–water partition coefficient (Wildman–Crippen LogP) is 7.03. The maximum absolute atomic E-state index is 14.0. The summed E-state index contributed by atoms with van der Waals surface area (Å²) in [5.41, 5.74) is 2.17. The highest BCUT2D eigenvalue weighted by Crippen LogP contribution is 2.44. The van der Waals surface area contributed by atoms with E-state index in [1.165, 1.54) is 17.0 Å². The average molecular weight is 544 g/mol. The Morgan fingerprint density at radius 2 is 1.54 bits per heavy atom. The van der Waals surface area contributed by atoms with Crippen LogP contribution < -0.4 is 0 Å². The van der Waals surface area contributed by atoms with Crippen molar-refractivity contribution in [3.8, 4) is 0 Å². The van der Waals surface area contributed by atoms with Crippen LogP contribution in [0.1, 0.15) is 55.0 Å². The van der Waals surface area contributed by atoms with Crippen molar-refractivity contribution in [3.63, 3.8) is 0 Å². The molecule has 0 aromatic heterocycles. The van der Waals surface area contributed by atoms with Gasteiger partial charge < -0.3 is 14.7 Å². The molecule has 1 aliphatic rings. The Balaban J connectivity index is 1.84. The Morgan fingerprint density at radius 3 is 2.08 bits per heavy atom. The molecule has 4 atom stereocenters. The lowest BCUT2D eigenvalue weighted by molar-refractivity contribution is -0.184. The van der Waals surface area contributed by atoms with Crippen LogP contribution in [0.5, 0.6) is 0 Å². The van der Waals surface area contributed by atoms with Crippen LogP contribution in [0.4, 0.5) is 4.39 Å². The summed E-state index contributed by atoms with van der Waals surface area (Å²) < 4.78 is 20.0. The number of ether oxygens (including phenoxy) is 1. The van der Waals surface area contributed by atoms with Gasteiger partial charge in [0, 0.05) is 16.5 Å². The van der Waals surface area contributed by atoms with Crippen LogP contribution in [0.3, 0.4) is 0 Å². The summed E-state index contributed by atoms with van der Waals surface area (Å²) in [5.74, 6) is -1.87. The van der Waals surface area contributed by atoms with Gasteiger partial charge in [-0.3, -0.25) is 4.79 Å². The third-order valence-corrected chi connectivity index (χ3v) is 7.13. The van der Waals surface area contributed by atoms with Crippen LogP contribution >= 0.6 is 23.2 Å². The molecule has 8 heteroatoms. The highest BCUT2D eigenvalue weighted by atomic mass is 35.5. The zero-order chi connectivity index (χ0) is 26.5. The third kappa shape index (κ3) is 6.32. The van der Waals surface area contributed by atoms with Gasteiger partial charge in [0.2, 0.25) is 0 Å². The number of nitrogens with zero attached hydrogens (tertiary/aromatic N) is 1. The topological polar surface area (TPSA) is 66.8 Å². The predicted molar refractivity (Wildman–Crippen MR) is 141 cm³/mol. The summed E-state index contributed by atoms with van der Waals surface area (Å²) in [7, 11) is 0. The monoisotopic (exact) mass is 543 g/mol. The van der Waals surface area contributed by atoms with Gasteiger partial charge in [0.25, 0.3) is 5.91 Å². The molecule has 37 heavy (non-hydrogen) atoms. The van der Waals surface area contributed by atoms with Gasteiger partial charge in [0.15, 0.2) is 0 Å². The van der Waals surface area contributed by atoms with E-state index in [0.29, 0.717) is 34.0 Å². The molecule has 1 amide bonds. The highest BCUT2D eigenvalue weighted by molar-refractivity contribution is 6.30. The molecule has 1 saturated heterocycles. The van der Waals surface area contributed by atoms with Gasteiger partial charge in [-0.25, -0.2) is 9.18 Å². The molecule has 3 aromatic carbocycles. The van der Waals surface area contributed by atoms with E-state index >= 15 is 0 Å². The van der Waals surface area contributed by atoms with Crippen LogP contribution in [0.2, 0.25) is 10.0 Å². The fraction of sp³-hybridized carbons (Fsp3) is 0.310. The van der Waals surface area contributed by atoms with E-state index in [4.69, 9.17) is 27.9 Å². The Bertz CT molecular complexity index is 1220. The minimum Gasteiger partial charge on any atom is -0.480 e. The number of carbonyl (C=O) groups excluding carboxylic acids is 1. The maximum Gasteiger partial charge on any atom is 0.326 e. The third-order valence-electron chi connectivity index (χ3n) is 6.62. The Labute approximate surface area is 225 Å². The lowest BCUT2D eigenvalue weighted by Crippen LogP contribution is -2.57. The van der Waals surface area contributed by atoms with Gasteiger partial charge in [-0.15, -0.1) is 0 Å². The Kier molecular flexibility index (Phi) is 8.85. The van der Waals surface area contributed by atoms with E-state index in [1.807, 2.05) is 19.1 Å². The summed E-state index contributed by atoms with van der Waals surface area (Å²) in [6, 6.07) is 18.2. The molecule has 1 aliphatic heterocycles.